The predicted octanol–water partition coefficient (Wildman–Crippen LogP) is 2.68. The summed E-state index contributed by atoms with van der Waals surface area (Å²) >= 11 is 1.66. The lowest BCUT2D eigenvalue weighted by molar-refractivity contribution is -0.123. The maximum Gasteiger partial charge on any atom is 0.329 e. The van der Waals surface area contributed by atoms with Crippen LogP contribution in [0.15, 0.2) is 18.3 Å². The number of imide groups is 1. The number of aromatic nitrogens is 2. The number of carbonyl (C=O) groups is 2. The van der Waals surface area contributed by atoms with Crippen molar-refractivity contribution in [3.63, 3.8) is 0 Å². The zero-order valence-corrected chi connectivity index (χ0v) is 17.8. The molecular formula is C20H26N6O2S. The molecule has 9 heteroatoms. The smallest absolute Gasteiger partial charge is 0.329 e. The van der Waals surface area contributed by atoms with Crippen LogP contribution in [0.1, 0.15) is 36.0 Å². The number of piperidine rings is 1. The van der Waals surface area contributed by atoms with Crippen molar-refractivity contribution < 1.29 is 9.59 Å². The van der Waals surface area contributed by atoms with Crippen LogP contribution in [0.5, 0.6) is 0 Å². The molecule has 2 aromatic heterocycles. The number of nitrogens with zero attached hydrogens (tertiary/aromatic N) is 4. The monoisotopic (exact) mass is 414 g/mol. The molecule has 2 aliphatic rings. The number of hydrogen-bond acceptors (Lipinski definition) is 7. The lowest BCUT2D eigenvalue weighted by atomic mass is 9.87. The molecule has 0 bridgehead atoms. The van der Waals surface area contributed by atoms with Gasteiger partial charge < -0.3 is 10.6 Å². The van der Waals surface area contributed by atoms with Gasteiger partial charge in [-0.25, -0.2) is 14.7 Å². The van der Waals surface area contributed by atoms with E-state index in [9.17, 15) is 9.59 Å². The molecule has 0 radical (unpaired) electrons. The minimum atomic E-state index is -0.804. The molecule has 154 valence electrons. The van der Waals surface area contributed by atoms with Crippen molar-refractivity contribution in [2.45, 2.75) is 45.7 Å². The van der Waals surface area contributed by atoms with Gasteiger partial charge in [0.1, 0.15) is 5.54 Å². The number of amides is 3. The molecule has 0 saturated carbocycles. The van der Waals surface area contributed by atoms with Gasteiger partial charge in [0.15, 0.2) is 5.13 Å². The normalized spacial score (nSPS) is 19.1. The summed E-state index contributed by atoms with van der Waals surface area (Å²) in [6.07, 6.45) is 3.12. The van der Waals surface area contributed by atoms with Gasteiger partial charge in [-0.3, -0.25) is 14.7 Å². The summed E-state index contributed by atoms with van der Waals surface area (Å²) in [5, 5.41) is 7.15. The molecule has 3 amide bonds. The molecule has 2 fully saturated rings. The third-order valence-corrected chi connectivity index (χ3v) is 6.40. The highest BCUT2D eigenvalue weighted by atomic mass is 32.1. The largest absolute Gasteiger partial charge is 0.362 e. The minimum Gasteiger partial charge on any atom is -0.362 e. The number of carbonyl (C=O) groups excluding carboxylic acids is 2. The van der Waals surface area contributed by atoms with E-state index in [1.165, 1.54) is 9.78 Å². The maximum atomic E-state index is 13.2. The van der Waals surface area contributed by atoms with Gasteiger partial charge >= 0.3 is 6.03 Å². The summed E-state index contributed by atoms with van der Waals surface area (Å²) in [7, 11) is 0. The van der Waals surface area contributed by atoms with Crippen molar-refractivity contribution in [1.82, 2.24) is 20.2 Å². The number of aryl methyl sites for hydroxylation is 2. The van der Waals surface area contributed by atoms with Crippen molar-refractivity contribution in [1.29, 1.82) is 0 Å². The van der Waals surface area contributed by atoms with E-state index in [0.717, 1.165) is 42.7 Å². The summed E-state index contributed by atoms with van der Waals surface area (Å²) in [5.41, 5.74) is 1.37. The lowest BCUT2D eigenvalue weighted by Gasteiger charge is -2.37. The molecule has 0 unspecified atom stereocenters. The first-order chi connectivity index (χ1) is 13.9. The van der Waals surface area contributed by atoms with Crippen LogP contribution in [-0.4, -0.2) is 52.0 Å². The quantitative estimate of drug-likeness (QED) is 0.731. The molecule has 29 heavy (non-hydrogen) atoms. The van der Waals surface area contributed by atoms with E-state index in [1.807, 2.05) is 20.0 Å². The first kappa shape index (κ1) is 19.8. The van der Waals surface area contributed by atoms with E-state index in [4.69, 9.17) is 0 Å². The SMILES string of the molecule is CCNc1ncc(CN2CCC3(CC2)NC(=O)N(c2cc(C)nc(C)c2)C3=O)s1. The zero-order chi connectivity index (χ0) is 20.6. The Bertz CT molecular complexity index is 915. The van der Waals surface area contributed by atoms with E-state index in [-0.39, 0.29) is 11.9 Å². The Morgan fingerprint density at radius 1 is 1.21 bits per heavy atom. The Labute approximate surface area is 174 Å². The highest BCUT2D eigenvalue weighted by molar-refractivity contribution is 7.15. The molecule has 2 N–H and O–H groups in total. The summed E-state index contributed by atoms with van der Waals surface area (Å²) in [4.78, 5) is 39.4. The van der Waals surface area contributed by atoms with E-state index < -0.39 is 5.54 Å². The highest BCUT2D eigenvalue weighted by Crippen LogP contribution is 2.33. The van der Waals surface area contributed by atoms with Crippen LogP contribution < -0.4 is 15.5 Å². The number of urea groups is 1. The van der Waals surface area contributed by atoms with Crippen LogP contribution in [-0.2, 0) is 11.3 Å². The van der Waals surface area contributed by atoms with Gasteiger partial charge in [0.2, 0.25) is 0 Å². The molecule has 8 nitrogen and oxygen atoms in total. The number of nitrogens with one attached hydrogen (secondary N) is 2. The van der Waals surface area contributed by atoms with Crippen LogP contribution in [0, 0.1) is 13.8 Å². The van der Waals surface area contributed by atoms with Gasteiger partial charge in [0.05, 0.1) is 5.69 Å². The summed E-state index contributed by atoms with van der Waals surface area (Å²) in [6.45, 7) is 8.96. The summed E-state index contributed by atoms with van der Waals surface area (Å²) in [5.74, 6) is -0.153. The van der Waals surface area contributed by atoms with Crippen LogP contribution in [0.4, 0.5) is 15.6 Å². The van der Waals surface area contributed by atoms with Crippen molar-refractivity contribution in [2.75, 3.05) is 29.9 Å². The fourth-order valence-corrected chi connectivity index (χ4v) is 4.98. The van der Waals surface area contributed by atoms with E-state index in [1.54, 1.807) is 23.5 Å². The van der Waals surface area contributed by atoms with Gasteiger partial charge in [0, 0.05) is 48.6 Å². The number of rotatable bonds is 5. The van der Waals surface area contributed by atoms with Crippen LogP contribution >= 0.6 is 11.3 Å². The average Bonchev–Trinajstić information content (AvgIpc) is 3.19. The molecule has 4 rings (SSSR count). The van der Waals surface area contributed by atoms with Crippen molar-refractivity contribution in [3.8, 4) is 0 Å². The van der Waals surface area contributed by atoms with Crippen LogP contribution in [0.3, 0.4) is 0 Å². The zero-order valence-electron chi connectivity index (χ0n) is 17.0. The standard InChI is InChI=1S/C20H26N6O2S/c1-4-21-18-22-11-16(29-18)12-25-7-5-20(6-8-25)17(27)26(19(28)24-20)15-9-13(2)23-14(3)10-15/h9-11H,4-8,12H2,1-3H3,(H,21,22)(H,24,28). The fourth-order valence-electron chi connectivity index (χ4n) is 4.06. The first-order valence-electron chi connectivity index (χ1n) is 9.93. The second-order valence-electron chi connectivity index (χ2n) is 7.70. The second-order valence-corrected chi connectivity index (χ2v) is 8.81. The second kappa shape index (κ2) is 7.72. The molecule has 0 aliphatic carbocycles. The predicted molar refractivity (Wildman–Crippen MR) is 113 cm³/mol. The Balaban J connectivity index is 1.43. The summed E-state index contributed by atoms with van der Waals surface area (Å²) < 4.78 is 0. The van der Waals surface area contributed by atoms with E-state index >= 15 is 0 Å². The Morgan fingerprint density at radius 2 is 1.90 bits per heavy atom. The fraction of sp³-hybridized carbons (Fsp3) is 0.500. The highest BCUT2D eigenvalue weighted by Gasteiger charge is 2.52. The van der Waals surface area contributed by atoms with Crippen molar-refractivity contribution in [2.24, 2.45) is 0 Å². The molecule has 0 aromatic carbocycles. The Morgan fingerprint density at radius 3 is 2.55 bits per heavy atom. The van der Waals surface area contributed by atoms with E-state index in [2.05, 4.69) is 32.4 Å². The first-order valence-corrected chi connectivity index (χ1v) is 10.7. The van der Waals surface area contributed by atoms with E-state index in [0.29, 0.717) is 18.5 Å². The van der Waals surface area contributed by atoms with Gasteiger partial charge in [0.25, 0.3) is 5.91 Å². The van der Waals surface area contributed by atoms with Gasteiger partial charge in [-0.2, -0.15) is 0 Å². The molecule has 2 saturated heterocycles. The number of hydrogen-bond donors (Lipinski definition) is 2. The average molecular weight is 415 g/mol. The third kappa shape index (κ3) is 3.84. The summed E-state index contributed by atoms with van der Waals surface area (Å²) in [6, 6.07) is 3.22. The Kier molecular flexibility index (Phi) is 5.26. The minimum absolute atomic E-state index is 0.153. The number of anilines is 2. The Hall–Kier alpha value is -2.52. The van der Waals surface area contributed by atoms with Gasteiger partial charge in [-0.1, -0.05) is 0 Å². The molecule has 0 atom stereocenters. The third-order valence-electron chi connectivity index (χ3n) is 5.46. The lowest BCUT2D eigenvalue weighted by Crippen LogP contribution is -2.54. The molecular weight excluding hydrogens is 388 g/mol. The number of pyridine rings is 1. The topological polar surface area (TPSA) is 90.5 Å². The molecule has 1 spiro atoms. The molecule has 4 heterocycles. The molecule has 2 aromatic rings. The maximum absolute atomic E-state index is 13.2. The molecule has 2 aliphatic heterocycles. The number of thiazole rings is 1. The number of likely N-dealkylation sites (tertiary alicyclic amines) is 1. The van der Waals surface area contributed by atoms with Crippen LogP contribution in [0.2, 0.25) is 0 Å². The van der Waals surface area contributed by atoms with Crippen molar-refractivity contribution >= 4 is 34.1 Å². The van der Waals surface area contributed by atoms with Gasteiger partial charge in [-0.15, -0.1) is 11.3 Å². The van der Waals surface area contributed by atoms with Gasteiger partial charge in [-0.05, 0) is 45.7 Å². The van der Waals surface area contributed by atoms with Crippen molar-refractivity contribution in [3.05, 3.63) is 34.6 Å². The van der Waals surface area contributed by atoms with Crippen LogP contribution in [0.25, 0.3) is 0 Å².